The van der Waals surface area contributed by atoms with E-state index in [4.69, 9.17) is 11.6 Å². The number of sulfonamides is 1. The van der Waals surface area contributed by atoms with E-state index in [1.807, 2.05) is 35.9 Å². The molecule has 0 unspecified atom stereocenters. The van der Waals surface area contributed by atoms with Crippen molar-refractivity contribution in [3.05, 3.63) is 65.1 Å². The number of benzene rings is 2. The molecule has 0 bridgehead atoms. The van der Waals surface area contributed by atoms with Gasteiger partial charge in [-0.1, -0.05) is 29.8 Å². The van der Waals surface area contributed by atoms with Crippen LogP contribution in [0.25, 0.3) is 10.9 Å². The molecule has 25 heavy (non-hydrogen) atoms. The van der Waals surface area contributed by atoms with Crippen LogP contribution < -0.4 is 4.72 Å². The highest BCUT2D eigenvalue weighted by molar-refractivity contribution is 7.89. The fourth-order valence-electron chi connectivity index (χ4n) is 2.66. The average Bonchev–Trinajstić information content (AvgIpc) is 2.92. The normalized spacial score (nSPS) is 13.3. The van der Waals surface area contributed by atoms with Crippen molar-refractivity contribution in [2.45, 2.75) is 11.0 Å². The maximum atomic E-state index is 13.2. The zero-order valence-corrected chi connectivity index (χ0v) is 14.9. The number of hydrogen-bond acceptors (Lipinski definition) is 3. The summed E-state index contributed by atoms with van der Waals surface area (Å²) in [6, 6.07) is 10.6. The van der Waals surface area contributed by atoms with Gasteiger partial charge in [-0.2, -0.15) is 0 Å². The number of nitrogens with one attached hydrogen (secondary N) is 1. The molecule has 5 nitrogen and oxygen atoms in total. The van der Waals surface area contributed by atoms with Crippen molar-refractivity contribution >= 4 is 32.5 Å². The number of aliphatic hydroxyl groups excluding tert-OH is 1. The zero-order valence-electron chi connectivity index (χ0n) is 13.3. The fraction of sp³-hybridized carbons (Fsp3) is 0.176. The Balaban J connectivity index is 1.81. The van der Waals surface area contributed by atoms with Gasteiger partial charge in [-0.3, -0.25) is 0 Å². The molecule has 0 saturated carbocycles. The number of fused-ring (bicyclic) bond motifs is 1. The number of hydrogen-bond donors (Lipinski definition) is 2. The Kier molecular flexibility index (Phi) is 4.83. The van der Waals surface area contributed by atoms with Crippen LogP contribution in [0.1, 0.15) is 11.7 Å². The Morgan fingerprint density at radius 3 is 2.72 bits per heavy atom. The van der Waals surface area contributed by atoms with Crippen LogP contribution in [-0.2, 0) is 17.1 Å². The second-order valence-electron chi connectivity index (χ2n) is 5.66. The Labute approximate surface area is 149 Å². The van der Waals surface area contributed by atoms with Gasteiger partial charge in [0.15, 0.2) is 0 Å². The van der Waals surface area contributed by atoms with Crippen LogP contribution in [0.5, 0.6) is 0 Å². The Morgan fingerprint density at radius 1 is 1.28 bits per heavy atom. The number of nitrogens with zero attached hydrogens (tertiary/aromatic N) is 1. The van der Waals surface area contributed by atoms with Crippen molar-refractivity contribution in [2.75, 3.05) is 6.54 Å². The Morgan fingerprint density at radius 2 is 2.00 bits per heavy atom. The van der Waals surface area contributed by atoms with E-state index in [-0.39, 0.29) is 16.5 Å². The second kappa shape index (κ2) is 6.76. The van der Waals surface area contributed by atoms with E-state index < -0.39 is 21.9 Å². The lowest BCUT2D eigenvalue weighted by atomic mass is 10.1. The molecule has 0 amide bonds. The number of para-hydroxylation sites is 1. The van der Waals surface area contributed by atoms with E-state index >= 15 is 0 Å². The molecule has 8 heteroatoms. The molecule has 1 heterocycles. The summed E-state index contributed by atoms with van der Waals surface area (Å²) in [6.07, 6.45) is 0.732. The lowest BCUT2D eigenvalue weighted by Crippen LogP contribution is -2.28. The average molecular weight is 383 g/mol. The van der Waals surface area contributed by atoms with E-state index in [0.717, 1.165) is 29.1 Å². The number of halogens is 2. The minimum Gasteiger partial charge on any atom is -0.387 e. The first-order valence-corrected chi connectivity index (χ1v) is 9.32. The molecule has 2 N–H and O–H groups in total. The van der Waals surface area contributed by atoms with Gasteiger partial charge in [0.25, 0.3) is 0 Å². The topological polar surface area (TPSA) is 71.3 Å². The van der Waals surface area contributed by atoms with Crippen LogP contribution in [0.4, 0.5) is 4.39 Å². The lowest BCUT2D eigenvalue weighted by Gasteiger charge is -2.12. The van der Waals surface area contributed by atoms with Crippen LogP contribution >= 0.6 is 11.6 Å². The van der Waals surface area contributed by atoms with E-state index in [2.05, 4.69) is 4.72 Å². The first-order valence-electron chi connectivity index (χ1n) is 7.46. The molecule has 1 aromatic heterocycles. The SMILES string of the molecule is Cn1cc([C@H](O)CNS(=O)(=O)c2ccc(F)c(Cl)c2)c2ccccc21. The third-order valence-electron chi connectivity index (χ3n) is 3.95. The molecule has 1 atom stereocenters. The summed E-state index contributed by atoms with van der Waals surface area (Å²) in [5.74, 6) is -0.698. The predicted octanol–water partition coefficient (Wildman–Crippen LogP) is 2.98. The molecular weight excluding hydrogens is 367 g/mol. The minimum atomic E-state index is -3.92. The third-order valence-corrected chi connectivity index (χ3v) is 5.67. The van der Waals surface area contributed by atoms with Crippen LogP contribution in [-0.4, -0.2) is 24.6 Å². The van der Waals surface area contributed by atoms with Gasteiger partial charge in [-0.05, 0) is 24.3 Å². The fourth-order valence-corrected chi connectivity index (χ4v) is 3.97. The number of aromatic nitrogens is 1. The quantitative estimate of drug-likeness (QED) is 0.712. The first kappa shape index (κ1) is 17.9. The number of aliphatic hydroxyl groups is 1. The van der Waals surface area contributed by atoms with Gasteiger partial charge in [-0.25, -0.2) is 17.5 Å². The smallest absolute Gasteiger partial charge is 0.240 e. The highest BCUT2D eigenvalue weighted by atomic mass is 35.5. The van der Waals surface area contributed by atoms with Crippen molar-refractivity contribution in [3.63, 3.8) is 0 Å². The summed E-state index contributed by atoms with van der Waals surface area (Å²) in [6.45, 7) is -0.217. The molecule has 2 aromatic carbocycles. The van der Waals surface area contributed by atoms with Crippen LogP contribution in [0, 0.1) is 5.82 Å². The third kappa shape index (κ3) is 3.55. The monoisotopic (exact) mass is 382 g/mol. The summed E-state index contributed by atoms with van der Waals surface area (Å²) in [7, 11) is -2.07. The van der Waals surface area contributed by atoms with Crippen molar-refractivity contribution in [2.24, 2.45) is 7.05 Å². The first-order chi connectivity index (χ1) is 11.8. The summed E-state index contributed by atoms with van der Waals surface area (Å²) in [5, 5.41) is 11.0. The van der Waals surface area contributed by atoms with Crippen LogP contribution in [0.3, 0.4) is 0 Å². The van der Waals surface area contributed by atoms with E-state index in [9.17, 15) is 17.9 Å². The van der Waals surface area contributed by atoms with Gasteiger partial charge in [-0.15, -0.1) is 0 Å². The molecular formula is C17H16ClFN2O3S. The standard InChI is InChI=1S/C17H16ClFN2O3S/c1-21-10-13(12-4-2-3-5-16(12)21)17(22)9-20-25(23,24)11-6-7-15(19)14(18)8-11/h2-8,10,17,20,22H,9H2,1H3/t17-/m1/s1. The van der Waals surface area contributed by atoms with Crippen molar-refractivity contribution in [1.29, 1.82) is 0 Å². The van der Waals surface area contributed by atoms with Gasteiger partial charge in [0.1, 0.15) is 5.82 Å². The van der Waals surface area contributed by atoms with E-state index in [1.165, 1.54) is 0 Å². The highest BCUT2D eigenvalue weighted by Crippen LogP contribution is 2.26. The maximum Gasteiger partial charge on any atom is 0.240 e. The summed E-state index contributed by atoms with van der Waals surface area (Å²) in [4.78, 5) is -0.163. The summed E-state index contributed by atoms with van der Waals surface area (Å²) in [5.41, 5.74) is 1.56. The largest absolute Gasteiger partial charge is 0.387 e. The number of rotatable bonds is 5. The second-order valence-corrected chi connectivity index (χ2v) is 7.83. The lowest BCUT2D eigenvalue weighted by molar-refractivity contribution is 0.183. The van der Waals surface area contributed by atoms with Crippen LogP contribution in [0.15, 0.2) is 53.6 Å². The molecule has 0 aliphatic heterocycles. The van der Waals surface area contributed by atoms with Crippen molar-refractivity contribution in [3.8, 4) is 0 Å². The molecule has 0 fully saturated rings. The van der Waals surface area contributed by atoms with Gasteiger partial charge in [0.05, 0.1) is 16.0 Å². The van der Waals surface area contributed by atoms with Gasteiger partial charge in [0, 0.05) is 36.3 Å². The molecule has 0 aliphatic rings. The molecule has 3 rings (SSSR count). The van der Waals surface area contributed by atoms with Gasteiger partial charge in [0.2, 0.25) is 10.0 Å². The predicted molar refractivity (Wildman–Crippen MR) is 94.5 cm³/mol. The minimum absolute atomic E-state index is 0.163. The Bertz CT molecular complexity index is 1030. The molecule has 0 radical (unpaired) electrons. The summed E-state index contributed by atoms with van der Waals surface area (Å²) >= 11 is 5.63. The van der Waals surface area contributed by atoms with Crippen molar-refractivity contribution in [1.82, 2.24) is 9.29 Å². The van der Waals surface area contributed by atoms with Gasteiger partial charge >= 0.3 is 0 Å². The molecule has 3 aromatic rings. The highest BCUT2D eigenvalue weighted by Gasteiger charge is 2.20. The molecule has 132 valence electrons. The van der Waals surface area contributed by atoms with Crippen molar-refractivity contribution < 1.29 is 17.9 Å². The molecule has 0 aliphatic carbocycles. The maximum absolute atomic E-state index is 13.2. The van der Waals surface area contributed by atoms with E-state index in [1.54, 1.807) is 6.20 Å². The molecule has 0 saturated heterocycles. The molecule has 0 spiro atoms. The number of aryl methyl sites for hydroxylation is 1. The van der Waals surface area contributed by atoms with Gasteiger partial charge < -0.3 is 9.67 Å². The van der Waals surface area contributed by atoms with Crippen LogP contribution in [0.2, 0.25) is 5.02 Å². The summed E-state index contributed by atoms with van der Waals surface area (Å²) < 4.78 is 42.0. The van der Waals surface area contributed by atoms with E-state index in [0.29, 0.717) is 5.56 Å². The zero-order chi connectivity index (χ0) is 18.2. The Hall–Kier alpha value is -1.93.